The molecule has 1 atom stereocenters. The van der Waals surface area contributed by atoms with Gasteiger partial charge in [-0.2, -0.15) is 26.3 Å². The molecular weight excluding hydrogens is 442 g/mol. The van der Waals surface area contributed by atoms with Gasteiger partial charge in [0.2, 0.25) is 0 Å². The third-order valence-corrected chi connectivity index (χ3v) is 4.13. The highest BCUT2D eigenvalue weighted by molar-refractivity contribution is 5.58. The number of aromatic nitrogens is 4. The minimum absolute atomic E-state index is 0.0289. The summed E-state index contributed by atoms with van der Waals surface area (Å²) in [6, 6.07) is 4.55. The van der Waals surface area contributed by atoms with Crippen LogP contribution in [0, 0.1) is 0 Å². The molecule has 0 aliphatic rings. The Morgan fingerprint density at radius 2 is 1.75 bits per heavy atom. The third-order valence-electron chi connectivity index (χ3n) is 4.13. The van der Waals surface area contributed by atoms with E-state index in [1.165, 1.54) is 17.3 Å². The Morgan fingerprint density at radius 3 is 2.31 bits per heavy atom. The standard InChI is InChI=1S/C19H16F6N6O/c1-30(15-3-2-5-26-10-15)28-16(32)4-6-31-11-27-17(29-31)12-7-13(18(20,21)22)9-14(8-12)19(23,24)25/h2-11,16,28,32H,1H3/b6-4-. The van der Waals surface area contributed by atoms with E-state index < -0.39 is 35.3 Å². The quantitative estimate of drug-likeness (QED) is 0.332. The molecule has 0 saturated heterocycles. The van der Waals surface area contributed by atoms with Crippen LogP contribution in [0.4, 0.5) is 32.0 Å². The second kappa shape index (κ2) is 8.96. The van der Waals surface area contributed by atoms with Crippen molar-refractivity contribution in [3.05, 3.63) is 66.3 Å². The summed E-state index contributed by atoms with van der Waals surface area (Å²) in [7, 11) is 1.63. The summed E-state index contributed by atoms with van der Waals surface area (Å²) in [5.41, 5.74) is -0.0169. The molecule has 2 N–H and O–H groups in total. The van der Waals surface area contributed by atoms with Gasteiger partial charge in [-0.3, -0.25) is 4.98 Å². The lowest BCUT2D eigenvalue weighted by molar-refractivity contribution is -0.143. The van der Waals surface area contributed by atoms with Gasteiger partial charge in [0.05, 0.1) is 23.0 Å². The molecule has 0 radical (unpaired) electrons. The van der Waals surface area contributed by atoms with E-state index in [4.69, 9.17) is 0 Å². The van der Waals surface area contributed by atoms with Crippen LogP contribution in [0.5, 0.6) is 0 Å². The Balaban J connectivity index is 1.78. The van der Waals surface area contributed by atoms with Crippen molar-refractivity contribution in [2.75, 3.05) is 12.1 Å². The van der Waals surface area contributed by atoms with E-state index in [1.54, 1.807) is 31.6 Å². The highest BCUT2D eigenvalue weighted by Gasteiger charge is 2.37. The lowest BCUT2D eigenvalue weighted by Gasteiger charge is -2.22. The molecular formula is C19H16F6N6O. The van der Waals surface area contributed by atoms with Crippen LogP contribution in [0.3, 0.4) is 0 Å². The van der Waals surface area contributed by atoms with Crippen molar-refractivity contribution in [1.29, 1.82) is 0 Å². The molecule has 3 aromatic rings. The zero-order valence-electron chi connectivity index (χ0n) is 16.3. The second-order valence-electron chi connectivity index (χ2n) is 6.53. The molecule has 2 heterocycles. The number of benzene rings is 1. The van der Waals surface area contributed by atoms with Gasteiger partial charge in [0.15, 0.2) is 5.82 Å². The van der Waals surface area contributed by atoms with E-state index in [9.17, 15) is 31.4 Å². The Hall–Kier alpha value is -3.45. The van der Waals surface area contributed by atoms with Gasteiger partial charge in [-0.1, -0.05) is 0 Å². The van der Waals surface area contributed by atoms with E-state index in [-0.39, 0.29) is 11.9 Å². The second-order valence-corrected chi connectivity index (χ2v) is 6.53. The maximum Gasteiger partial charge on any atom is 0.416 e. The molecule has 0 spiro atoms. The first-order chi connectivity index (χ1) is 14.9. The molecule has 0 aliphatic heterocycles. The van der Waals surface area contributed by atoms with Crippen LogP contribution >= 0.6 is 0 Å². The number of rotatable bonds is 6. The predicted molar refractivity (Wildman–Crippen MR) is 103 cm³/mol. The number of alkyl halides is 6. The first kappa shape index (κ1) is 23.2. The molecule has 7 nitrogen and oxygen atoms in total. The van der Waals surface area contributed by atoms with Gasteiger partial charge < -0.3 is 10.1 Å². The SMILES string of the molecule is CN(NC(O)/C=C\n1cnc(-c2cc(C(F)(F)F)cc(C(F)(F)F)c2)n1)c1cccnc1. The Morgan fingerprint density at radius 1 is 1.09 bits per heavy atom. The van der Waals surface area contributed by atoms with Crippen molar-refractivity contribution in [2.45, 2.75) is 18.6 Å². The monoisotopic (exact) mass is 458 g/mol. The average molecular weight is 458 g/mol. The summed E-state index contributed by atoms with van der Waals surface area (Å²) in [5, 5.41) is 15.4. The van der Waals surface area contributed by atoms with Crippen LogP contribution in [0.2, 0.25) is 0 Å². The van der Waals surface area contributed by atoms with Crippen molar-refractivity contribution >= 4 is 11.9 Å². The normalized spacial score (nSPS) is 13.5. The maximum absolute atomic E-state index is 13.0. The molecule has 1 unspecified atom stereocenters. The summed E-state index contributed by atoms with van der Waals surface area (Å²) in [6.07, 6.45) is -4.45. The minimum Gasteiger partial charge on any atom is -0.373 e. The van der Waals surface area contributed by atoms with Crippen LogP contribution in [0.25, 0.3) is 17.6 Å². The summed E-state index contributed by atoms with van der Waals surface area (Å²) in [6.45, 7) is 0. The van der Waals surface area contributed by atoms with Gasteiger partial charge in [-0.05, 0) is 36.4 Å². The number of hydrazine groups is 1. The predicted octanol–water partition coefficient (Wildman–Crippen LogP) is 3.81. The van der Waals surface area contributed by atoms with Gasteiger partial charge in [0.1, 0.15) is 12.6 Å². The molecule has 0 amide bonds. The van der Waals surface area contributed by atoms with Crippen LogP contribution in [0.1, 0.15) is 11.1 Å². The molecule has 0 saturated carbocycles. The van der Waals surface area contributed by atoms with Crippen LogP contribution in [-0.4, -0.2) is 38.1 Å². The van der Waals surface area contributed by atoms with Gasteiger partial charge in [0, 0.05) is 25.0 Å². The number of hydrogen-bond donors (Lipinski definition) is 2. The summed E-state index contributed by atoms with van der Waals surface area (Å²) in [5.74, 6) is -0.346. The summed E-state index contributed by atoms with van der Waals surface area (Å²) >= 11 is 0. The molecule has 32 heavy (non-hydrogen) atoms. The smallest absolute Gasteiger partial charge is 0.373 e. The first-order valence-electron chi connectivity index (χ1n) is 8.91. The van der Waals surface area contributed by atoms with Crippen molar-refractivity contribution in [3.63, 3.8) is 0 Å². The number of aliphatic hydroxyl groups excluding tert-OH is 1. The number of aliphatic hydroxyl groups is 1. The van der Waals surface area contributed by atoms with E-state index >= 15 is 0 Å². The zero-order valence-corrected chi connectivity index (χ0v) is 16.3. The highest BCUT2D eigenvalue weighted by atomic mass is 19.4. The van der Waals surface area contributed by atoms with Crippen LogP contribution in [-0.2, 0) is 12.4 Å². The average Bonchev–Trinajstić information content (AvgIpc) is 3.20. The Labute approximate surface area is 177 Å². The fourth-order valence-corrected chi connectivity index (χ4v) is 2.60. The van der Waals surface area contributed by atoms with E-state index in [0.717, 1.165) is 11.0 Å². The van der Waals surface area contributed by atoms with Gasteiger partial charge >= 0.3 is 12.4 Å². The maximum atomic E-state index is 13.0. The number of nitrogens with one attached hydrogen (secondary N) is 1. The molecule has 2 aromatic heterocycles. The van der Waals surface area contributed by atoms with E-state index in [1.807, 2.05) is 0 Å². The van der Waals surface area contributed by atoms with Crippen LogP contribution < -0.4 is 10.4 Å². The van der Waals surface area contributed by atoms with Crippen LogP contribution in [0.15, 0.2) is 55.1 Å². The molecule has 3 rings (SSSR count). The molecule has 13 heteroatoms. The topological polar surface area (TPSA) is 79.1 Å². The molecule has 170 valence electrons. The lowest BCUT2D eigenvalue weighted by Crippen LogP contribution is -2.41. The summed E-state index contributed by atoms with van der Waals surface area (Å²) < 4.78 is 79.2. The molecule has 0 fully saturated rings. The highest BCUT2D eigenvalue weighted by Crippen LogP contribution is 2.38. The van der Waals surface area contributed by atoms with Gasteiger partial charge in [-0.25, -0.2) is 15.1 Å². The summed E-state index contributed by atoms with van der Waals surface area (Å²) in [4.78, 5) is 7.70. The first-order valence-corrected chi connectivity index (χ1v) is 8.91. The van der Waals surface area contributed by atoms with Gasteiger partial charge in [0.25, 0.3) is 0 Å². The number of nitrogens with zero attached hydrogens (tertiary/aromatic N) is 5. The zero-order chi connectivity index (χ0) is 23.5. The largest absolute Gasteiger partial charge is 0.416 e. The number of hydrogen-bond acceptors (Lipinski definition) is 6. The number of anilines is 1. The van der Waals surface area contributed by atoms with E-state index in [2.05, 4.69) is 20.5 Å². The van der Waals surface area contributed by atoms with E-state index in [0.29, 0.717) is 17.8 Å². The fourth-order valence-electron chi connectivity index (χ4n) is 2.60. The number of pyridine rings is 1. The van der Waals surface area contributed by atoms with Gasteiger partial charge in [-0.15, -0.1) is 5.10 Å². The minimum atomic E-state index is -4.98. The van der Waals surface area contributed by atoms with Crippen molar-refractivity contribution < 1.29 is 31.4 Å². The fraction of sp³-hybridized carbons (Fsp3) is 0.211. The number of halogens is 6. The van der Waals surface area contributed by atoms with Crippen molar-refractivity contribution in [1.82, 2.24) is 25.2 Å². The molecule has 0 aliphatic carbocycles. The Bertz CT molecular complexity index is 1050. The van der Waals surface area contributed by atoms with Crippen molar-refractivity contribution in [3.8, 4) is 11.4 Å². The lowest BCUT2D eigenvalue weighted by atomic mass is 10.0. The molecule has 0 bridgehead atoms. The Kier molecular flexibility index (Phi) is 6.50. The van der Waals surface area contributed by atoms with Crippen molar-refractivity contribution in [2.24, 2.45) is 0 Å². The third kappa shape index (κ3) is 5.82. The molecule has 1 aromatic carbocycles.